The summed E-state index contributed by atoms with van der Waals surface area (Å²) in [5.41, 5.74) is 1.53. The summed E-state index contributed by atoms with van der Waals surface area (Å²) < 4.78 is 11.9. The molecular formula is C23H28O3. The van der Waals surface area contributed by atoms with Crippen molar-refractivity contribution in [2.24, 2.45) is 5.92 Å². The van der Waals surface area contributed by atoms with Crippen LogP contribution in [0.2, 0.25) is 0 Å². The number of aliphatic hydroxyl groups is 1. The standard InChI is InChI=1S/C23H28O3/c1-17(15-16-24)23(5,6)26-21-13-9-19(10-14-21)18-7-11-20(12-8-18)25-22(2,3)4/h7-14,17,24H,1-6H3. The van der Waals surface area contributed by atoms with Gasteiger partial charge in [0.05, 0.1) is 5.92 Å². The number of ether oxygens (including phenoxy) is 2. The van der Waals surface area contributed by atoms with Crippen LogP contribution in [0.5, 0.6) is 11.5 Å². The molecule has 3 heteroatoms. The van der Waals surface area contributed by atoms with Gasteiger partial charge in [-0.15, -0.1) is 0 Å². The Kier molecular flexibility index (Phi) is 5.87. The van der Waals surface area contributed by atoms with Crippen LogP contribution in [0.15, 0.2) is 48.5 Å². The highest BCUT2D eigenvalue weighted by Crippen LogP contribution is 2.29. The predicted molar refractivity (Wildman–Crippen MR) is 106 cm³/mol. The molecule has 0 radical (unpaired) electrons. The first kappa shape index (κ1) is 19.7. The molecule has 0 saturated carbocycles. The Labute approximate surface area is 157 Å². The zero-order chi connectivity index (χ0) is 19.4. The van der Waals surface area contributed by atoms with E-state index in [1.165, 1.54) is 0 Å². The summed E-state index contributed by atoms with van der Waals surface area (Å²) in [6, 6.07) is 16.1. The second kappa shape index (κ2) is 7.74. The van der Waals surface area contributed by atoms with Gasteiger partial charge in [0.2, 0.25) is 0 Å². The van der Waals surface area contributed by atoms with E-state index in [0.717, 1.165) is 22.6 Å². The van der Waals surface area contributed by atoms with E-state index >= 15 is 0 Å². The van der Waals surface area contributed by atoms with Gasteiger partial charge in [-0.25, -0.2) is 0 Å². The summed E-state index contributed by atoms with van der Waals surface area (Å²) in [6.07, 6.45) is 1.97. The molecule has 0 aromatic heterocycles. The lowest BCUT2D eigenvalue weighted by molar-refractivity contribution is 0.0754. The lowest BCUT2D eigenvalue weighted by Gasteiger charge is -2.29. The van der Waals surface area contributed by atoms with E-state index in [9.17, 15) is 0 Å². The second-order valence-electron chi connectivity index (χ2n) is 7.95. The lowest BCUT2D eigenvalue weighted by Crippen LogP contribution is -2.35. The van der Waals surface area contributed by atoms with Crippen molar-refractivity contribution >= 4 is 0 Å². The molecule has 26 heavy (non-hydrogen) atoms. The summed E-state index contributed by atoms with van der Waals surface area (Å²) >= 11 is 0. The average Bonchev–Trinajstić information content (AvgIpc) is 2.55. The summed E-state index contributed by atoms with van der Waals surface area (Å²) in [5, 5.41) is 8.78. The van der Waals surface area contributed by atoms with Crippen molar-refractivity contribution in [3.8, 4) is 34.7 Å². The van der Waals surface area contributed by atoms with Crippen molar-refractivity contribution in [3.63, 3.8) is 0 Å². The highest BCUT2D eigenvalue weighted by Gasteiger charge is 2.27. The van der Waals surface area contributed by atoms with Gasteiger partial charge in [0, 0.05) is 0 Å². The maximum Gasteiger partial charge on any atom is 0.120 e. The Morgan fingerprint density at radius 2 is 1.19 bits per heavy atom. The predicted octanol–water partition coefficient (Wildman–Crippen LogP) is 5.66. The first-order chi connectivity index (χ1) is 12.1. The Morgan fingerprint density at radius 3 is 1.58 bits per heavy atom. The third-order valence-corrected chi connectivity index (χ3v) is 4.17. The van der Waals surface area contributed by atoms with E-state index in [4.69, 9.17) is 14.6 Å². The third kappa shape index (κ3) is 5.46. The van der Waals surface area contributed by atoms with Crippen molar-refractivity contribution in [1.82, 2.24) is 0 Å². The molecule has 1 N–H and O–H groups in total. The second-order valence-corrected chi connectivity index (χ2v) is 7.95. The largest absolute Gasteiger partial charge is 0.488 e. The average molecular weight is 352 g/mol. The van der Waals surface area contributed by atoms with E-state index in [0.29, 0.717) is 0 Å². The van der Waals surface area contributed by atoms with Crippen molar-refractivity contribution in [2.75, 3.05) is 0 Å². The minimum Gasteiger partial charge on any atom is -0.488 e. The van der Waals surface area contributed by atoms with Crippen molar-refractivity contribution < 1.29 is 14.6 Å². The van der Waals surface area contributed by atoms with E-state index in [-0.39, 0.29) is 11.5 Å². The Morgan fingerprint density at radius 1 is 0.769 bits per heavy atom. The van der Waals surface area contributed by atoms with Gasteiger partial charge in [0.15, 0.2) is 0 Å². The fourth-order valence-electron chi connectivity index (χ4n) is 2.45. The van der Waals surface area contributed by atoms with Crippen molar-refractivity contribution in [3.05, 3.63) is 48.5 Å². The van der Waals surface area contributed by atoms with Gasteiger partial charge in [-0.3, -0.25) is 0 Å². The lowest BCUT2D eigenvalue weighted by atomic mass is 9.93. The molecule has 0 saturated heterocycles. The molecule has 1 atom stereocenters. The molecule has 0 amide bonds. The molecule has 0 spiro atoms. The summed E-state index contributed by atoms with van der Waals surface area (Å²) in [5.74, 6) is 4.28. The van der Waals surface area contributed by atoms with E-state index in [1.807, 2.05) is 84.0 Å². The summed E-state index contributed by atoms with van der Waals surface area (Å²) in [6.45, 7) is 12.0. The van der Waals surface area contributed by atoms with Crippen LogP contribution in [0.1, 0.15) is 41.5 Å². The fourth-order valence-corrected chi connectivity index (χ4v) is 2.45. The maximum atomic E-state index is 8.78. The molecule has 2 rings (SSSR count). The first-order valence-electron chi connectivity index (χ1n) is 8.84. The molecular weight excluding hydrogens is 324 g/mol. The molecule has 0 aliphatic heterocycles. The van der Waals surface area contributed by atoms with Crippen LogP contribution in [-0.2, 0) is 0 Å². The Balaban J connectivity index is 2.10. The molecule has 3 nitrogen and oxygen atoms in total. The van der Waals surface area contributed by atoms with Crippen LogP contribution >= 0.6 is 0 Å². The molecule has 138 valence electrons. The van der Waals surface area contributed by atoms with Crippen LogP contribution in [0.25, 0.3) is 11.1 Å². The SMILES string of the molecule is CC(C#CO)C(C)(C)Oc1ccc(-c2ccc(OC(C)(C)C)cc2)cc1. The number of hydrogen-bond acceptors (Lipinski definition) is 3. The zero-order valence-electron chi connectivity index (χ0n) is 16.5. The highest BCUT2D eigenvalue weighted by molar-refractivity contribution is 5.64. The summed E-state index contributed by atoms with van der Waals surface area (Å²) in [7, 11) is 0. The van der Waals surface area contributed by atoms with Crippen LogP contribution in [0.4, 0.5) is 0 Å². The third-order valence-electron chi connectivity index (χ3n) is 4.17. The highest BCUT2D eigenvalue weighted by atomic mass is 16.5. The molecule has 2 aromatic rings. The van der Waals surface area contributed by atoms with Gasteiger partial charge >= 0.3 is 0 Å². The molecule has 0 aliphatic rings. The minimum atomic E-state index is -0.497. The number of aliphatic hydroxyl groups excluding tert-OH is 1. The molecule has 2 aromatic carbocycles. The van der Waals surface area contributed by atoms with Gasteiger partial charge < -0.3 is 14.6 Å². The molecule has 1 unspecified atom stereocenters. The van der Waals surface area contributed by atoms with Gasteiger partial charge in [0.25, 0.3) is 0 Å². The van der Waals surface area contributed by atoms with Crippen LogP contribution in [-0.4, -0.2) is 16.3 Å². The van der Waals surface area contributed by atoms with Crippen molar-refractivity contribution in [1.29, 1.82) is 0 Å². The first-order valence-corrected chi connectivity index (χ1v) is 8.84. The van der Waals surface area contributed by atoms with E-state index in [2.05, 4.69) is 18.1 Å². The quantitative estimate of drug-likeness (QED) is 0.706. The molecule has 0 heterocycles. The maximum absolute atomic E-state index is 8.78. The van der Waals surface area contributed by atoms with E-state index < -0.39 is 5.60 Å². The summed E-state index contributed by atoms with van der Waals surface area (Å²) in [4.78, 5) is 0. The van der Waals surface area contributed by atoms with Crippen LogP contribution < -0.4 is 9.47 Å². The van der Waals surface area contributed by atoms with Gasteiger partial charge in [-0.1, -0.05) is 30.2 Å². The Hall–Kier alpha value is -2.60. The smallest absolute Gasteiger partial charge is 0.120 e. The molecule has 0 aliphatic carbocycles. The minimum absolute atomic E-state index is 0.0949. The van der Waals surface area contributed by atoms with Gasteiger partial charge in [-0.05, 0) is 76.9 Å². The fraction of sp³-hybridized carbons (Fsp3) is 0.391. The zero-order valence-corrected chi connectivity index (χ0v) is 16.5. The molecule has 0 bridgehead atoms. The van der Waals surface area contributed by atoms with E-state index in [1.54, 1.807) is 0 Å². The van der Waals surface area contributed by atoms with Gasteiger partial charge in [-0.2, -0.15) is 0 Å². The number of benzene rings is 2. The number of hydrogen-bond donors (Lipinski definition) is 1. The normalized spacial score (nSPS) is 12.7. The molecule has 0 fully saturated rings. The topological polar surface area (TPSA) is 38.7 Å². The number of rotatable bonds is 5. The van der Waals surface area contributed by atoms with Crippen molar-refractivity contribution in [2.45, 2.75) is 52.7 Å². The van der Waals surface area contributed by atoms with Gasteiger partial charge in [0.1, 0.15) is 28.8 Å². The monoisotopic (exact) mass is 352 g/mol. The Bertz CT molecular complexity index is 769. The van der Waals surface area contributed by atoms with Crippen LogP contribution in [0.3, 0.4) is 0 Å². The van der Waals surface area contributed by atoms with Crippen LogP contribution in [0, 0.1) is 17.9 Å².